The first-order chi connectivity index (χ1) is 18.8. The lowest BCUT2D eigenvalue weighted by atomic mass is 10.0. The summed E-state index contributed by atoms with van der Waals surface area (Å²) in [6, 6.07) is 17.5. The number of nitrogen functional groups attached to an aromatic ring is 1. The maximum Gasteiger partial charge on any atom is 0.274 e. The molecule has 0 radical (unpaired) electrons. The molecule has 0 aliphatic rings. The Morgan fingerprint density at radius 3 is 2.51 bits per heavy atom. The molecule has 2 aromatic carbocycles. The first kappa shape index (κ1) is 24.0. The monoisotopic (exact) mass is 519 g/mol. The van der Waals surface area contributed by atoms with Crippen LogP contribution in [0.4, 0.5) is 5.82 Å². The summed E-state index contributed by atoms with van der Waals surface area (Å²) in [5.74, 6) is -0.0610. The zero-order valence-corrected chi connectivity index (χ0v) is 21.5. The molecule has 3 N–H and O–H groups in total. The Bertz CT molecular complexity index is 1940. The zero-order chi connectivity index (χ0) is 27.3. The number of benzene rings is 2. The van der Waals surface area contributed by atoms with Crippen molar-refractivity contribution in [3.05, 3.63) is 101 Å². The number of para-hydroxylation sites is 1. The Balaban J connectivity index is 1.52. The van der Waals surface area contributed by atoms with Crippen molar-refractivity contribution in [3.8, 4) is 16.8 Å². The van der Waals surface area contributed by atoms with Crippen LogP contribution < -0.4 is 16.6 Å². The molecular weight excluding hydrogens is 494 g/mol. The van der Waals surface area contributed by atoms with Crippen LogP contribution in [0.3, 0.4) is 0 Å². The Kier molecular flexibility index (Phi) is 5.68. The molecule has 1 atom stereocenters. The third-order valence-corrected chi connectivity index (χ3v) is 6.83. The fourth-order valence-corrected chi connectivity index (χ4v) is 4.80. The number of hydrogen-bond acceptors (Lipinski definition) is 7. The second-order valence-corrected chi connectivity index (χ2v) is 9.25. The molecule has 0 aliphatic carbocycles. The number of imidazole rings is 1. The molecule has 0 unspecified atom stereocenters. The maximum absolute atomic E-state index is 14.2. The summed E-state index contributed by atoms with van der Waals surface area (Å²) in [6.07, 6.45) is 3.30. The number of amides is 1. The van der Waals surface area contributed by atoms with Crippen LogP contribution in [-0.2, 0) is 7.05 Å². The highest BCUT2D eigenvalue weighted by molar-refractivity contribution is 5.98. The van der Waals surface area contributed by atoms with E-state index in [0.29, 0.717) is 28.1 Å². The summed E-state index contributed by atoms with van der Waals surface area (Å²) in [5, 5.41) is 12.0. The number of nitrogens with two attached hydrogens (primary N) is 1. The topological polar surface area (TPSA) is 138 Å². The van der Waals surface area contributed by atoms with Gasteiger partial charge in [-0.15, -0.1) is 0 Å². The molecule has 0 bridgehead atoms. The van der Waals surface area contributed by atoms with Crippen LogP contribution in [0, 0.1) is 6.92 Å². The number of carbonyl (C=O) groups is 1. The van der Waals surface area contributed by atoms with E-state index in [-0.39, 0.29) is 17.1 Å². The molecular formula is C28H25N9O2. The normalized spacial score (nSPS) is 12.2. The van der Waals surface area contributed by atoms with Gasteiger partial charge in [0.25, 0.3) is 11.5 Å². The molecule has 11 heteroatoms. The number of hydrogen-bond donors (Lipinski definition) is 2. The fourth-order valence-electron chi connectivity index (χ4n) is 4.80. The first-order valence-corrected chi connectivity index (χ1v) is 12.4. The Morgan fingerprint density at radius 1 is 0.974 bits per heavy atom. The van der Waals surface area contributed by atoms with E-state index in [9.17, 15) is 9.59 Å². The predicted octanol–water partition coefficient (Wildman–Crippen LogP) is 3.21. The van der Waals surface area contributed by atoms with E-state index in [1.165, 1.54) is 4.52 Å². The van der Waals surface area contributed by atoms with E-state index in [2.05, 4.69) is 20.5 Å². The number of fused-ring (bicyclic) bond motifs is 2. The van der Waals surface area contributed by atoms with Crippen LogP contribution in [0.5, 0.6) is 0 Å². The molecule has 0 aliphatic heterocycles. The quantitative estimate of drug-likeness (QED) is 0.357. The van der Waals surface area contributed by atoms with Gasteiger partial charge in [0.1, 0.15) is 5.82 Å². The summed E-state index contributed by atoms with van der Waals surface area (Å²) < 4.78 is 4.70. The smallest absolute Gasteiger partial charge is 0.274 e. The maximum atomic E-state index is 14.2. The average molecular weight is 520 g/mol. The standard InChI is InChI=1S/C28H25N9O2/c1-16(32-27(38)24-25(29)34-22-13-8-14-30-37(22)24)26-33-21-12-7-11-19(20-15-31-35(3)17(20)2)23(21)28(39)36(26)18-9-5-4-6-10-18/h4-16H,29H2,1-3H3,(H,32,38)/t16-/m0/s1. The number of aromatic nitrogens is 7. The van der Waals surface area contributed by atoms with Gasteiger partial charge >= 0.3 is 0 Å². The van der Waals surface area contributed by atoms with E-state index in [4.69, 9.17) is 10.7 Å². The Morgan fingerprint density at radius 2 is 1.77 bits per heavy atom. The second kappa shape index (κ2) is 9.21. The van der Waals surface area contributed by atoms with Gasteiger partial charge in [-0.25, -0.2) is 14.5 Å². The SMILES string of the molecule is Cc1c(-c2cccc3nc([C@H](C)NC(=O)c4c(N)nc5cccnn45)n(-c4ccccc4)c(=O)c23)cnn1C. The minimum atomic E-state index is -0.674. The van der Waals surface area contributed by atoms with Gasteiger partial charge in [0.05, 0.1) is 28.8 Å². The van der Waals surface area contributed by atoms with Gasteiger partial charge in [-0.2, -0.15) is 10.2 Å². The lowest BCUT2D eigenvalue weighted by molar-refractivity contribution is 0.0931. The van der Waals surface area contributed by atoms with Gasteiger partial charge in [-0.1, -0.05) is 30.3 Å². The highest BCUT2D eigenvalue weighted by Crippen LogP contribution is 2.29. The van der Waals surface area contributed by atoms with Crippen LogP contribution in [0.15, 0.2) is 77.9 Å². The van der Waals surface area contributed by atoms with E-state index < -0.39 is 11.9 Å². The molecule has 1 amide bonds. The average Bonchev–Trinajstić information content (AvgIpc) is 3.46. The molecule has 6 rings (SSSR count). The van der Waals surface area contributed by atoms with Crippen molar-refractivity contribution in [1.82, 2.24) is 39.2 Å². The number of nitrogens with zero attached hydrogens (tertiary/aromatic N) is 7. The molecule has 194 valence electrons. The first-order valence-electron chi connectivity index (χ1n) is 12.4. The van der Waals surface area contributed by atoms with Crippen molar-refractivity contribution < 1.29 is 4.79 Å². The van der Waals surface area contributed by atoms with Gasteiger partial charge in [0.15, 0.2) is 17.2 Å². The van der Waals surface area contributed by atoms with Gasteiger partial charge in [0.2, 0.25) is 0 Å². The van der Waals surface area contributed by atoms with Gasteiger partial charge in [0, 0.05) is 30.1 Å². The van der Waals surface area contributed by atoms with Crippen molar-refractivity contribution >= 4 is 28.3 Å². The third-order valence-electron chi connectivity index (χ3n) is 6.83. The number of nitrogens with one attached hydrogen (secondary N) is 1. The van der Waals surface area contributed by atoms with Crippen LogP contribution in [0.25, 0.3) is 33.4 Å². The van der Waals surface area contributed by atoms with Crippen molar-refractivity contribution in [2.75, 3.05) is 5.73 Å². The Labute approximate surface area is 222 Å². The molecule has 0 spiro atoms. The summed E-state index contributed by atoms with van der Waals surface area (Å²) in [4.78, 5) is 36.8. The molecule has 39 heavy (non-hydrogen) atoms. The minimum Gasteiger partial charge on any atom is -0.382 e. The highest BCUT2D eigenvalue weighted by Gasteiger charge is 2.25. The molecule has 0 saturated heterocycles. The molecule has 4 heterocycles. The van der Waals surface area contributed by atoms with Crippen molar-refractivity contribution in [2.24, 2.45) is 7.05 Å². The van der Waals surface area contributed by atoms with Crippen molar-refractivity contribution in [2.45, 2.75) is 19.9 Å². The number of rotatable bonds is 5. The van der Waals surface area contributed by atoms with Gasteiger partial charge in [-0.05, 0) is 44.2 Å². The lowest BCUT2D eigenvalue weighted by Gasteiger charge is -2.20. The van der Waals surface area contributed by atoms with Crippen LogP contribution in [0.1, 0.15) is 35.0 Å². The molecule has 0 saturated carbocycles. The zero-order valence-electron chi connectivity index (χ0n) is 21.5. The van der Waals surface area contributed by atoms with Gasteiger partial charge < -0.3 is 11.1 Å². The predicted molar refractivity (Wildman–Crippen MR) is 148 cm³/mol. The van der Waals surface area contributed by atoms with E-state index in [1.54, 1.807) is 46.8 Å². The third kappa shape index (κ3) is 3.91. The summed E-state index contributed by atoms with van der Waals surface area (Å²) in [7, 11) is 1.86. The molecule has 11 nitrogen and oxygen atoms in total. The van der Waals surface area contributed by atoms with E-state index in [0.717, 1.165) is 16.8 Å². The summed E-state index contributed by atoms with van der Waals surface area (Å²) >= 11 is 0. The largest absolute Gasteiger partial charge is 0.382 e. The van der Waals surface area contributed by atoms with Crippen LogP contribution >= 0.6 is 0 Å². The lowest BCUT2D eigenvalue weighted by Crippen LogP contribution is -2.34. The molecule has 6 aromatic rings. The van der Waals surface area contributed by atoms with E-state index in [1.807, 2.05) is 56.4 Å². The Hall–Kier alpha value is -5.32. The minimum absolute atomic E-state index is 0.0572. The van der Waals surface area contributed by atoms with Crippen LogP contribution in [0.2, 0.25) is 0 Å². The number of carbonyl (C=O) groups excluding carboxylic acids is 1. The summed E-state index contributed by atoms with van der Waals surface area (Å²) in [6.45, 7) is 3.73. The van der Waals surface area contributed by atoms with Gasteiger partial charge in [-0.3, -0.25) is 18.8 Å². The van der Waals surface area contributed by atoms with Crippen molar-refractivity contribution in [1.29, 1.82) is 0 Å². The number of aryl methyl sites for hydroxylation is 1. The molecule has 0 fully saturated rings. The van der Waals surface area contributed by atoms with Crippen LogP contribution in [-0.4, -0.2) is 39.8 Å². The number of anilines is 1. The van der Waals surface area contributed by atoms with E-state index >= 15 is 0 Å². The fraction of sp³-hybridized carbons (Fsp3) is 0.143. The van der Waals surface area contributed by atoms with Crippen molar-refractivity contribution in [3.63, 3.8) is 0 Å². The molecule has 4 aromatic heterocycles. The second-order valence-electron chi connectivity index (χ2n) is 9.25. The highest BCUT2D eigenvalue weighted by atomic mass is 16.2. The summed E-state index contributed by atoms with van der Waals surface area (Å²) in [5.41, 5.74) is 10.0.